The van der Waals surface area contributed by atoms with Crippen molar-refractivity contribution < 1.29 is 33.7 Å². The largest absolute Gasteiger partial charge is 0.458 e. The molecule has 0 aromatic rings. The molecule has 0 aliphatic carbocycles. The quantitative estimate of drug-likeness (QED) is 0.0980. The lowest BCUT2D eigenvalue weighted by Gasteiger charge is -2.28. The highest BCUT2D eigenvalue weighted by Crippen LogP contribution is 2.26. The molecule has 1 rings (SSSR count). The first-order valence-electron chi connectivity index (χ1n) is 15.2. The van der Waals surface area contributed by atoms with E-state index in [2.05, 4.69) is 32.1 Å². The van der Waals surface area contributed by atoms with Crippen LogP contribution in [0.5, 0.6) is 0 Å². The Morgan fingerprint density at radius 1 is 1.00 bits per heavy atom. The van der Waals surface area contributed by atoms with E-state index in [1.54, 1.807) is 6.92 Å². The number of allylic oxidation sites excluding steroid dienone is 5. The molecule has 0 aromatic carbocycles. The molecule has 0 saturated heterocycles. The third kappa shape index (κ3) is 16.3. The summed E-state index contributed by atoms with van der Waals surface area (Å²) in [6, 6.07) is 0. The van der Waals surface area contributed by atoms with Gasteiger partial charge in [-0.2, -0.15) is 0 Å². The van der Waals surface area contributed by atoms with E-state index in [0.29, 0.717) is 38.5 Å². The first kappa shape index (κ1) is 36.2. The zero-order chi connectivity index (χ0) is 30.8. The van der Waals surface area contributed by atoms with Crippen molar-refractivity contribution in [3.05, 3.63) is 36.0 Å². The maximum absolute atomic E-state index is 13.3. The minimum Gasteiger partial charge on any atom is -0.458 e. The van der Waals surface area contributed by atoms with Gasteiger partial charge in [0.15, 0.2) is 0 Å². The van der Waals surface area contributed by atoms with Crippen molar-refractivity contribution in [2.75, 3.05) is 0 Å². The van der Waals surface area contributed by atoms with Gasteiger partial charge < -0.3 is 30.8 Å². The van der Waals surface area contributed by atoms with Crippen LogP contribution in [-0.2, 0) is 19.0 Å². The number of aliphatic hydroxyl groups excluding tert-OH is 1. The fraction of sp³-hybridized carbons (Fsp3) is 0.719. The van der Waals surface area contributed by atoms with Gasteiger partial charge in [-0.15, -0.1) is 0 Å². The van der Waals surface area contributed by atoms with Gasteiger partial charge in [0.05, 0.1) is 12.0 Å². The molecule has 0 saturated carbocycles. The molecular formula is C32H54N2O7. The van der Waals surface area contributed by atoms with Crippen LogP contribution >= 0.6 is 0 Å². The number of primary amides is 2. The van der Waals surface area contributed by atoms with Crippen LogP contribution in [0.15, 0.2) is 36.0 Å². The van der Waals surface area contributed by atoms with E-state index in [9.17, 15) is 19.5 Å². The predicted octanol–water partition coefficient (Wildman–Crippen LogP) is 6.48. The molecule has 0 fully saturated rings. The van der Waals surface area contributed by atoms with Gasteiger partial charge in [-0.3, -0.25) is 4.79 Å². The molecule has 1 aliphatic heterocycles. The summed E-state index contributed by atoms with van der Waals surface area (Å²) in [5.41, 5.74) is 11.6. The smallest absolute Gasteiger partial charge is 0.404 e. The highest BCUT2D eigenvalue weighted by Gasteiger charge is 2.32. The molecule has 0 aromatic heterocycles. The summed E-state index contributed by atoms with van der Waals surface area (Å²) in [7, 11) is 0. The molecule has 5 N–H and O–H groups in total. The number of hydrogen-bond donors (Lipinski definition) is 3. The van der Waals surface area contributed by atoms with Crippen molar-refractivity contribution in [1.82, 2.24) is 0 Å². The number of hydrogen-bond acceptors (Lipinski definition) is 7. The fourth-order valence-electron chi connectivity index (χ4n) is 5.03. The molecule has 9 heteroatoms. The number of carbonyl (C=O) groups is 3. The second kappa shape index (κ2) is 20.1. The second-order valence-electron chi connectivity index (χ2n) is 11.6. The average Bonchev–Trinajstić information content (AvgIpc) is 2.88. The van der Waals surface area contributed by atoms with Gasteiger partial charge >= 0.3 is 18.2 Å². The van der Waals surface area contributed by atoms with Crippen LogP contribution < -0.4 is 11.5 Å². The number of unbranched alkanes of at least 4 members (excludes halogenated alkanes) is 3. The third-order valence-corrected chi connectivity index (χ3v) is 7.51. The van der Waals surface area contributed by atoms with Crippen LogP contribution in [-0.4, -0.2) is 47.7 Å². The van der Waals surface area contributed by atoms with Crippen molar-refractivity contribution >= 4 is 18.2 Å². The van der Waals surface area contributed by atoms with Crippen LogP contribution in [0.1, 0.15) is 105 Å². The van der Waals surface area contributed by atoms with Crippen molar-refractivity contribution in [2.24, 2.45) is 29.2 Å². The molecule has 9 nitrogen and oxygen atoms in total. The maximum atomic E-state index is 13.3. The molecule has 7 atom stereocenters. The number of rotatable bonds is 8. The standard InChI is InChI=1S/C32H54N2O7/c1-6-7-8-9-11-14-22(2)19-26-20-23(3)15-12-10-13-16-27(35)28(40-31(33)37)18-17-24(4)21-29(41-32(34)38)25(5)30(36)39-26/h10-12,14,19,23-29,35H,6-9,13,15-18,20-21H2,1-5H3,(H2,33,37)(H2,34,38)/t23-,24-,25+,26-,27-,28-,29+/m1/s1. The average molecular weight is 579 g/mol. The number of cyclic esters (lactones) is 1. The first-order valence-corrected chi connectivity index (χ1v) is 15.2. The normalized spacial score (nSPS) is 29.8. The minimum atomic E-state index is -0.963. The van der Waals surface area contributed by atoms with Crippen molar-refractivity contribution in [3.63, 3.8) is 0 Å². The number of esters is 1. The highest BCUT2D eigenvalue weighted by molar-refractivity contribution is 5.74. The Bertz CT molecular complexity index is 885. The minimum absolute atomic E-state index is 0.0460. The van der Waals surface area contributed by atoms with E-state index < -0.39 is 48.5 Å². The molecule has 1 aliphatic rings. The summed E-state index contributed by atoms with van der Waals surface area (Å²) in [5, 5.41) is 10.7. The Hall–Kier alpha value is -2.81. The van der Waals surface area contributed by atoms with E-state index in [-0.39, 0.29) is 11.8 Å². The van der Waals surface area contributed by atoms with Crippen molar-refractivity contribution in [2.45, 2.75) is 130 Å². The number of nitrogens with two attached hydrogens (primary N) is 2. The number of aliphatic hydroxyl groups is 1. The number of carbonyl (C=O) groups excluding carboxylic acids is 3. The van der Waals surface area contributed by atoms with E-state index in [1.807, 2.05) is 26.0 Å². The van der Waals surface area contributed by atoms with Gasteiger partial charge in [0.1, 0.15) is 18.3 Å². The predicted molar refractivity (Wildman–Crippen MR) is 161 cm³/mol. The Kier molecular flexibility index (Phi) is 17.8. The zero-order valence-electron chi connectivity index (χ0n) is 25.8. The zero-order valence-corrected chi connectivity index (χ0v) is 25.8. The monoisotopic (exact) mass is 578 g/mol. The highest BCUT2D eigenvalue weighted by atomic mass is 16.6. The number of amides is 2. The van der Waals surface area contributed by atoms with E-state index in [4.69, 9.17) is 25.7 Å². The second-order valence-corrected chi connectivity index (χ2v) is 11.6. The summed E-state index contributed by atoms with van der Waals surface area (Å²) in [4.78, 5) is 36.5. The Labute approximate surface area is 246 Å². The van der Waals surface area contributed by atoms with Crippen molar-refractivity contribution in [3.8, 4) is 0 Å². The summed E-state index contributed by atoms with van der Waals surface area (Å²) in [5.74, 6) is -1.04. The SMILES string of the molecule is CCCCCC=CC(C)=C[C@@H]1C[C@H](C)CC=CCC[C@@H](O)[C@H](OC(N)=O)CC[C@@H](C)C[C@H](OC(N)=O)[C@H](C)C(=O)O1. The molecule has 0 spiro atoms. The lowest BCUT2D eigenvalue weighted by molar-refractivity contribution is -0.156. The van der Waals surface area contributed by atoms with Crippen LogP contribution in [0.2, 0.25) is 0 Å². The molecule has 2 amide bonds. The Morgan fingerprint density at radius 3 is 2.34 bits per heavy atom. The van der Waals surface area contributed by atoms with Gasteiger partial charge in [0.2, 0.25) is 0 Å². The van der Waals surface area contributed by atoms with Gasteiger partial charge in [-0.1, -0.05) is 63.5 Å². The van der Waals surface area contributed by atoms with Crippen LogP contribution in [0.25, 0.3) is 0 Å². The Balaban J connectivity index is 3.20. The number of ether oxygens (including phenoxy) is 3. The van der Waals surface area contributed by atoms with Gasteiger partial charge in [-0.25, -0.2) is 9.59 Å². The van der Waals surface area contributed by atoms with E-state index >= 15 is 0 Å². The molecule has 41 heavy (non-hydrogen) atoms. The van der Waals surface area contributed by atoms with E-state index in [0.717, 1.165) is 24.8 Å². The first-order chi connectivity index (χ1) is 19.4. The van der Waals surface area contributed by atoms with Gasteiger partial charge in [-0.05, 0) is 89.5 Å². The van der Waals surface area contributed by atoms with Crippen LogP contribution in [0, 0.1) is 17.8 Å². The third-order valence-electron chi connectivity index (χ3n) is 7.51. The summed E-state index contributed by atoms with van der Waals surface area (Å²) in [6.45, 7) is 9.90. The molecule has 0 bridgehead atoms. The summed E-state index contributed by atoms with van der Waals surface area (Å²) in [6.07, 6.45) is 13.8. The van der Waals surface area contributed by atoms with E-state index in [1.165, 1.54) is 12.8 Å². The van der Waals surface area contributed by atoms with Crippen molar-refractivity contribution in [1.29, 1.82) is 0 Å². The molecule has 0 radical (unpaired) electrons. The topological polar surface area (TPSA) is 151 Å². The summed E-state index contributed by atoms with van der Waals surface area (Å²) < 4.78 is 16.6. The maximum Gasteiger partial charge on any atom is 0.404 e. The van der Waals surface area contributed by atoms with Gasteiger partial charge in [0.25, 0.3) is 0 Å². The fourth-order valence-corrected chi connectivity index (χ4v) is 5.03. The molecule has 1 heterocycles. The van der Waals surface area contributed by atoms with Gasteiger partial charge in [0, 0.05) is 0 Å². The summed E-state index contributed by atoms with van der Waals surface area (Å²) >= 11 is 0. The lowest BCUT2D eigenvalue weighted by Crippen LogP contribution is -2.37. The van der Waals surface area contributed by atoms with Crippen LogP contribution in [0.4, 0.5) is 9.59 Å². The molecular weight excluding hydrogens is 524 g/mol. The molecule has 234 valence electrons. The molecule has 0 unspecified atom stereocenters. The van der Waals surface area contributed by atoms with Crippen LogP contribution in [0.3, 0.4) is 0 Å². The lowest BCUT2D eigenvalue weighted by atomic mass is 9.90. The Morgan fingerprint density at radius 2 is 1.68 bits per heavy atom.